The molecule has 1 amide bonds. The van der Waals surface area contributed by atoms with Gasteiger partial charge in [0.05, 0.1) is 18.1 Å². The molecule has 230 valence electrons. The van der Waals surface area contributed by atoms with Crippen molar-refractivity contribution in [3.8, 4) is 17.2 Å². The van der Waals surface area contributed by atoms with Crippen LogP contribution in [0.3, 0.4) is 0 Å². The van der Waals surface area contributed by atoms with Gasteiger partial charge in [-0.25, -0.2) is 0 Å². The van der Waals surface area contributed by atoms with Gasteiger partial charge in [-0.2, -0.15) is 0 Å². The molecule has 0 saturated carbocycles. The third-order valence-electron chi connectivity index (χ3n) is 7.35. The number of aromatic hydroxyl groups is 1. The van der Waals surface area contributed by atoms with Crippen LogP contribution < -0.4 is 19.7 Å². The van der Waals surface area contributed by atoms with Crippen molar-refractivity contribution in [3.63, 3.8) is 0 Å². The molecule has 4 rings (SSSR count). The number of phenols is 1. The highest BCUT2D eigenvalue weighted by atomic mass is 32.1. The lowest BCUT2D eigenvalue weighted by Crippen LogP contribution is -2.48. The maximum Gasteiger partial charge on any atom is 0.246 e. The van der Waals surface area contributed by atoms with Gasteiger partial charge < -0.3 is 29.7 Å². The third-order valence-corrected chi connectivity index (χ3v) is 8.24. The van der Waals surface area contributed by atoms with Crippen molar-refractivity contribution >= 4 is 40.5 Å². The van der Waals surface area contributed by atoms with E-state index in [2.05, 4.69) is 36.2 Å². The van der Waals surface area contributed by atoms with Crippen molar-refractivity contribution in [2.45, 2.75) is 52.4 Å². The molecule has 3 aromatic rings. The zero-order valence-corrected chi connectivity index (χ0v) is 26.1. The fraction of sp³-hybridized carbons (Fsp3) is 0.412. The summed E-state index contributed by atoms with van der Waals surface area (Å²) >= 11 is 1.54. The minimum absolute atomic E-state index is 0.0113. The van der Waals surface area contributed by atoms with Crippen molar-refractivity contribution in [1.82, 2.24) is 4.90 Å². The van der Waals surface area contributed by atoms with Gasteiger partial charge in [-0.05, 0) is 72.3 Å². The second kappa shape index (κ2) is 16.6. The fourth-order valence-electron chi connectivity index (χ4n) is 4.83. The van der Waals surface area contributed by atoms with Crippen molar-refractivity contribution in [3.05, 3.63) is 70.4 Å². The number of nitrogens with one attached hydrogen (secondary N) is 2. The van der Waals surface area contributed by atoms with E-state index in [1.54, 1.807) is 24.3 Å². The van der Waals surface area contributed by atoms with Crippen LogP contribution in [-0.2, 0) is 4.79 Å². The topological polar surface area (TPSA) is 98.1 Å². The molecular weight excluding hydrogens is 560 g/mol. The normalized spacial score (nSPS) is 13.3. The van der Waals surface area contributed by atoms with Crippen LogP contribution in [0.25, 0.3) is 6.08 Å². The Morgan fingerprint density at radius 2 is 1.58 bits per heavy atom. The van der Waals surface area contributed by atoms with E-state index in [1.165, 1.54) is 11.3 Å². The molecule has 0 radical (unpaired) electrons. The molecule has 1 aliphatic rings. The number of benzene rings is 2. The Hall–Kier alpha value is -3.98. The molecular formula is C34H44N4O4S. The van der Waals surface area contributed by atoms with Crippen LogP contribution in [0.4, 0.5) is 11.4 Å². The van der Waals surface area contributed by atoms with Crippen LogP contribution in [0, 0.1) is 5.41 Å². The number of thiophene rings is 1. The van der Waals surface area contributed by atoms with Gasteiger partial charge >= 0.3 is 0 Å². The first-order valence-electron chi connectivity index (χ1n) is 15.3. The molecule has 0 unspecified atom stereocenters. The lowest BCUT2D eigenvalue weighted by molar-refractivity contribution is -0.126. The smallest absolute Gasteiger partial charge is 0.246 e. The standard InChI is InChI=1S/C34H44N4O4S/c1-3-5-7-21-41-29-24-26(25-30(33(29)40)42-22-8-6-4-2)11-16-32(39)38-19-17-37(18-20-38)28-14-12-27(13-15-28)36-34(35)31-10-9-23-43-31/h9-16,23-25,40H,3-8,17-22H2,1-2H3,(H2,35,36)/b16-11+. The second-order valence-electron chi connectivity index (χ2n) is 10.6. The summed E-state index contributed by atoms with van der Waals surface area (Å²) < 4.78 is 11.8. The molecule has 1 saturated heterocycles. The monoisotopic (exact) mass is 604 g/mol. The maximum atomic E-state index is 13.1. The summed E-state index contributed by atoms with van der Waals surface area (Å²) in [5.74, 6) is 1.12. The van der Waals surface area contributed by atoms with Crippen LogP contribution >= 0.6 is 11.3 Å². The lowest BCUT2D eigenvalue weighted by atomic mass is 10.1. The second-order valence-corrected chi connectivity index (χ2v) is 11.6. The summed E-state index contributed by atoms with van der Waals surface area (Å²) in [5.41, 5.74) is 2.72. The number of nitrogens with zero attached hydrogens (tertiary/aromatic N) is 2. The maximum absolute atomic E-state index is 13.1. The highest BCUT2D eigenvalue weighted by Crippen LogP contribution is 2.38. The zero-order chi connectivity index (χ0) is 30.4. The van der Waals surface area contributed by atoms with Crippen molar-refractivity contribution in [1.29, 1.82) is 5.41 Å². The van der Waals surface area contributed by atoms with Gasteiger partial charge in [0.2, 0.25) is 11.7 Å². The van der Waals surface area contributed by atoms with E-state index in [0.717, 1.165) is 73.4 Å². The van der Waals surface area contributed by atoms with Crippen LogP contribution in [0.15, 0.2) is 60.0 Å². The predicted octanol–water partition coefficient (Wildman–Crippen LogP) is 7.39. The Labute approximate surface area is 259 Å². The van der Waals surface area contributed by atoms with E-state index in [9.17, 15) is 9.90 Å². The molecule has 3 N–H and O–H groups in total. The highest BCUT2D eigenvalue weighted by molar-refractivity contribution is 7.12. The van der Waals surface area contributed by atoms with Crippen LogP contribution in [0.5, 0.6) is 17.2 Å². The molecule has 1 fully saturated rings. The Morgan fingerprint density at radius 1 is 0.953 bits per heavy atom. The summed E-state index contributed by atoms with van der Waals surface area (Å²) in [6.45, 7) is 8.04. The lowest BCUT2D eigenvalue weighted by Gasteiger charge is -2.35. The van der Waals surface area contributed by atoms with Crippen LogP contribution in [0.2, 0.25) is 0 Å². The molecule has 0 bridgehead atoms. The number of hydrogen-bond donors (Lipinski definition) is 3. The summed E-state index contributed by atoms with van der Waals surface area (Å²) in [5, 5.41) is 24.1. The first-order valence-corrected chi connectivity index (χ1v) is 16.2. The minimum atomic E-state index is -0.0461. The van der Waals surface area contributed by atoms with Gasteiger partial charge in [0, 0.05) is 43.6 Å². The van der Waals surface area contributed by atoms with Crippen LogP contribution in [0.1, 0.15) is 62.8 Å². The van der Waals surface area contributed by atoms with E-state index >= 15 is 0 Å². The van der Waals surface area contributed by atoms with E-state index in [1.807, 2.05) is 34.5 Å². The number of carbonyl (C=O) groups excluding carboxylic acids is 1. The average molecular weight is 605 g/mol. The molecule has 2 heterocycles. The molecule has 0 spiro atoms. The van der Waals surface area contributed by atoms with Gasteiger partial charge in [0.15, 0.2) is 11.5 Å². The zero-order valence-electron chi connectivity index (χ0n) is 25.3. The van der Waals surface area contributed by atoms with Crippen molar-refractivity contribution in [2.24, 2.45) is 0 Å². The number of ether oxygens (including phenoxy) is 2. The van der Waals surface area contributed by atoms with Gasteiger partial charge in [0.1, 0.15) is 5.84 Å². The predicted molar refractivity (Wildman–Crippen MR) is 177 cm³/mol. The van der Waals surface area contributed by atoms with Gasteiger partial charge in [-0.3, -0.25) is 10.2 Å². The number of piperazine rings is 1. The van der Waals surface area contributed by atoms with Crippen LogP contribution in [-0.4, -0.2) is 61.1 Å². The number of unbranched alkanes of at least 4 members (excludes halogenated alkanes) is 4. The summed E-state index contributed by atoms with van der Waals surface area (Å²) in [7, 11) is 0. The first kappa shape index (κ1) is 31.9. The molecule has 9 heteroatoms. The van der Waals surface area contributed by atoms with Gasteiger partial charge in [-0.1, -0.05) is 45.6 Å². The highest BCUT2D eigenvalue weighted by Gasteiger charge is 2.20. The SMILES string of the molecule is CCCCCOc1cc(/C=C/C(=O)N2CCN(c3ccc(NC(=N)c4cccs4)cc3)CC2)cc(OCCCCC)c1O. The third kappa shape index (κ3) is 9.51. The Bertz CT molecular complexity index is 1300. The van der Waals surface area contributed by atoms with E-state index in [-0.39, 0.29) is 11.7 Å². The molecule has 0 aliphatic carbocycles. The first-order chi connectivity index (χ1) is 21.0. The van der Waals surface area contributed by atoms with E-state index in [0.29, 0.717) is 43.6 Å². The largest absolute Gasteiger partial charge is 0.502 e. The van der Waals surface area contributed by atoms with Crippen molar-refractivity contribution < 1.29 is 19.4 Å². The number of rotatable bonds is 15. The fourth-order valence-corrected chi connectivity index (χ4v) is 5.46. The minimum Gasteiger partial charge on any atom is -0.502 e. The number of anilines is 2. The summed E-state index contributed by atoms with van der Waals surface area (Å²) in [6, 6.07) is 15.5. The summed E-state index contributed by atoms with van der Waals surface area (Å²) in [6.07, 6.45) is 9.49. The molecule has 43 heavy (non-hydrogen) atoms. The van der Waals surface area contributed by atoms with E-state index in [4.69, 9.17) is 14.9 Å². The van der Waals surface area contributed by atoms with E-state index < -0.39 is 0 Å². The average Bonchev–Trinajstić information content (AvgIpc) is 3.58. The number of amidine groups is 1. The summed E-state index contributed by atoms with van der Waals surface area (Å²) in [4.78, 5) is 18.1. The number of carbonyl (C=O) groups is 1. The number of phenolic OH excluding ortho intramolecular Hbond substituents is 1. The van der Waals surface area contributed by atoms with Crippen molar-refractivity contribution in [2.75, 3.05) is 49.6 Å². The quantitative estimate of drug-likeness (QED) is 0.0724. The number of amides is 1. The Morgan fingerprint density at radius 3 is 2.14 bits per heavy atom. The molecule has 0 atom stereocenters. The van der Waals surface area contributed by atoms with Gasteiger partial charge in [0.25, 0.3) is 0 Å². The Balaban J connectivity index is 1.32. The molecule has 2 aromatic carbocycles. The van der Waals surface area contributed by atoms with Gasteiger partial charge in [-0.15, -0.1) is 11.3 Å². The Kier molecular flexibility index (Phi) is 12.3. The molecule has 1 aliphatic heterocycles. The molecule has 8 nitrogen and oxygen atoms in total. The number of hydrogen-bond acceptors (Lipinski definition) is 7. The molecule has 1 aromatic heterocycles.